The zero-order chi connectivity index (χ0) is 25.5. The van der Waals surface area contributed by atoms with Crippen LogP contribution in [0.2, 0.25) is 0 Å². The maximum absolute atomic E-state index is 13.6. The number of amides is 2. The lowest BCUT2D eigenvalue weighted by Crippen LogP contribution is -2.32. The minimum Gasteiger partial charge on any atom is -0.343 e. The molecule has 0 aliphatic carbocycles. The third-order valence-electron chi connectivity index (χ3n) is 5.55. The molecule has 1 aliphatic rings. The highest BCUT2D eigenvalue weighted by Crippen LogP contribution is 2.37. The first-order valence-corrected chi connectivity index (χ1v) is 10.8. The second-order valence-corrected chi connectivity index (χ2v) is 8.59. The van der Waals surface area contributed by atoms with Gasteiger partial charge in [-0.05, 0) is 31.2 Å². The Balaban J connectivity index is 1.70. The Morgan fingerprint density at radius 2 is 1.89 bits per heavy atom. The third-order valence-corrected chi connectivity index (χ3v) is 5.55. The summed E-state index contributed by atoms with van der Waals surface area (Å²) >= 11 is 0. The Bertz CT molecular complexity index is 1260. The Morgan fingerprint density at radius 1 is 1.14 bits per heavy atom. The number of hydrogen-bond donors (Lipinski definition) is 3. The predicted octanol–water partition coefficient (Wildman–Crippen LogP) is 2.64. The summed E-state index contributed by atoms with van der Waals surface area (Å²) in [6, 6.07) is 6.13. The molecule has 3 aromatic rings. The number of halogens is 3. The van der Waals surface area contributed by atoms with Gasteiger partial charge in [-0.25, -0.2) is 10.1 Å². The highest BCUT2D eigenvalue weighted by molar-refractivity contribution is 6.05. The van der Waals surface area contributed by atoms with Crippen molar-refractivity contribution in [3.8, 4) is 11.3 Å². The van der Waals surface area contributed by atoms with Crippen LogP contribution in [0.3, 0.4) is 0 Å². The van der Waals surface area contributed by atoms with Gasteiger partial charge in [-0.3, -0.25) is 19.7 Å². The number of aryl methyl sites for hydroxylation is 1. The number of aromatic nitrogens is 4. The Labute approximate surface area is 199 Å². The van der Waals surface area contributed by atoms with E-state index in [4.69, 9.17) is 0 Å². The summed E-state index contributed by atoms with van der Waals surface area (Å²) in [5, 5.41) is 11.1. The SMILES string of the molecule is CC1CC(n2nc(C(=O)N(C)C)cc2NC(=O)c2ccc(C(F)(F)F)c(-c3ccn(C)n3)c2)NN1. The van der Waals surface area contributed by atoms with Crippen LogP contribution in [0.4, 0.5) is 19.0 Å². The van der Waals surface area contributed by atoms with Gasteiger partial charge in [-0.15, -0.1) is 0 Å². The fraction of sp³-hybridized carbons (Fsp3) is 0.364. The highest BCUT2D eigenvalue weighted by Gasteiger charge is 2.35. The van der Waals surface area contributed by atoms with E-state index in [1.165, 1.54) is 32.6 Å². The maximum atomic E-state index is 13.6. The number of alkyl halides is 3. The van der Waals surface area contributed by atoms with Gasteiger partial charge in [0.25, 0.3) is 11.8 Å². The molecule has 1 aromatic carbocycles. The molecule has 0 spiro atoms. The fourth-order valence-corrected chi connectivity index (χ4v) is 3.80. The van der Waals surface area contributed by atoms with Gasteiger partial charge in [0.05, 0.1) is 11.3 Å². The summed E-state index contributed by atoms with van der Waals surface area (Å²) < 4.78 is 43.7. The first-order valence-electron chi connectivity index (χ1n) is 10.8. The van der Waals surface area contributed by atoms with Gasteiger partial charge in [-0.1, -0.05) is 0 Å². The standard InChI is InChI=1S/C22H25F3N8O2/c1-12-9-19(28-27-12)33-18(11-17(30-33)21(35)31(2)3)26-20(34)13-5-6-15(22(23,24)25)14(10-13)16-7-8-32(4)29-16/h5-8,10-12,19,27-28H,9H2,1-4H3,(H,26,34). The number of nitrogens with zero attached hydrogens (tertiary/aromatic N) is 5. The van der Waals surface area contributed by atoms with Crippen molar-refractivity contribution in [2.45, 2.75) is 31.7 Å². The number of carbonyl (C=O) groups excluding carboxylic acids is 2. The van der Waals surface area contributed by atoms with E-state index in [9.17, 15) is 22.8 Å². The zero-order valence-corrected chi connectivity index (χ0v) is 19.5. The lowest BCUT2D eigenvalue weighted by molar-refractivity contribution is -0.137. The number of carbonyl (C=O) groups is 2. The molecule has 1 saturated heterocycles. The van der Waals surface area contributed by atoms with Crippen molar-refractivity contribution in [3.63, 3.8) is 0 Å². The van der Waals surface area contributed by atoms with Crippen LogP contribution in [0.15, 0.2) is 36.5 Å². The van der Waals surface area contributed by atoms with Crippen LogP contribution < -0.4 is 16.2 Å². The van der Waals surface area contributed by atoms with E-state index in [-0.39, 0.29) is 46.4 Å². The van der Waals surface area contributed by atoms with Gasteiger partial charge >= 0.3 is 6.18 Å². The van der Waals surface area contributed by atoms with Gasteiger partial charge in [0.2, 0.25) is 0 Å². The average molecular weight is 490 g/mol. The Kier molecular flexibility index (Phi) is 6.38. The minimum atomic E-state index is -4.63. The summed E-state index contributed by atoms with van der Waals surface area (Å²) in [5.41, 5.74) is 5.21. The Hall–Kier alpha value is -3.71. The van der Waals surface area contributed by atoms with Crippen LogP contribution in [0.25, 0.3) is 11.3 Å². The molecule has 3 heterocycles. The van der Waals surface area contributed by atoms with Crippen molar-refractivity contribution in [2.24, 2.45) is 7.05 Å². The predicted molar refractivity (Wildman–Crippen MR) is 121 cm³/mol. The summed E-state index contributed by atoms with van der Waals surface area (Å²) in [5.74, 6) is -0.780. The molecule has 3 N–H and O–H groups in total. The van der Waals surface area contributed by atoms with E-state index < -0.39 is 17.6 Å². The molecule has 0 radical (unpaired) electrons. The number of anilines is 1. The third kappa shape index (κ3) is 5.05. The second kappa shape index (κ2) is 9.15. The second-order valence-electron chi connectivity index (χ2n) is 8.59. The first kappa shape index (κ1) is 24.4. The monoisotopic (exact) mass is 490 g/mol. The largest absolute Gasteiger partial charge is 0.417 e. The van der Waals surface area contributed by atoms with Gasteiger partial charge in [-0.2, -0.15) is 23.4 Å². The van der Waals surface area contributed by atoms with Gasteiger partial charge in [0.1, 0.15) is 12.0 Å². The highest BCUT2D eigenvalue weighted by atomic mass is 19.4. The molecule has 2 aromatic heterocycles. The molecule has 1 aliphatic heterocycles. The van der Waals surface area contributed by atoms with Crippen LogP contribution in [0, 0.1) is 0 Å². The van der Waals surface area contributed by atoms with Crippen molar-refractivity contribution >= 4 is 17.6 Å². The maximum Gasteiger partial charge on any atom is 0.417 e. The number of hydrogen-bond acceptors (Lipinski definition) is 6. The molecule has 1 fully saturated rings. The van der Waals surface area contributed by atoms with E-state index in [2.05, 4.69) is 26.4 Å². The molecular formula is C22H25F3N8O2. The molecule has 186 valence electrons. The number of benzene rings is 1. The van der Waals surface area contributed by atoms with E-state index in [1.54, 1.807) is 21.1 Å². The summed E-state index contributed by atoms with van der Waals surface area (Å²) in [4.78, 5) is 26.9. The molecule has 0 bridgehead atoms. The normalized spacial score (nSPS) is 18.0. The van der Waals surface area contributed by atoms with Crippen molar-refractivity contribution in [2.75, 3.05) is 19.4 Å². The van der Waals surface area contributed by atoms with Gasteiger partial charge in [0, 0.05) is 57.0 Å². The first-order chi connectivity index (χ1) is 16.4. The molecule has 2 unspecified atom stereocenters. The van der Waals surface area contributed by atoms with Crippen molar-refractivity contribution in [1.82, 2.24) is 35.3 Å². The molecule has 0 saturated carbocycles. The summed E-state index contributed by atoms with van der Waals surface area (Å²) in [6.07, 6.45) is -2.82. The van der Waals surface area contributed by atoms with Crippen molar-refractivity contribution in [3.05, 3.63) is 53.3 Å². The van der Waals surface area contributed by atoms with Crippen LogP contribution in [-0.2, 0) is 13.2 Å². The minimum absolute atomic E-state index is 0.00207. The molecule has 4 rings (SSSR count). The Morgan fingerprint density at radius 3 is 2.46 bits per heavy atom. The van der Waals surface area contributed by atoms with Gasteiger partial charge in [0.15, 0.2) is 5.69 Å². The van der Waals surface area contributed by atoms with Crippen LogP contribution >= 0.6 is 0 Å². The molecule has 35 heavy (non-hydrogen) atoms. The van der Waals surface area contributed by atoms with Gasteiger partial charge < -0.3 is 10.2 Å². The number of hydrazine groups is 1. The summed E-state index contributed by atoms with van der Waals surface area (Å²) in [6.45, 7) is 1.96. The van der Waals surface area contributed by atoms with Crippen LogP contribution in [0.5, 0.6) is 0 Å². The van der Waals surface area contributed by atoms with Crippen molar-refractivity contribution in [1.29, 1.82) is 0 Å². The summed E-state index contributed by atoms with van der Waals surface area (Å²) in [7, 11) is 4.75. The molecule has 2 amide bonds. The van der Waals surface area contributed by atoms with E-state index in [0.717, 1.165) is 18.2 Å². The van der Waals surface area contributed by atoms with Crippen molar-refractivity contribution < 1.29 is 22.8 Å². The molecular weight excluding hydrogens is 465 g/mol. The molecule has 10 nitrogen and oxygen atoms in total. The topological polar surface area (TPSA) is 109 Å². The average Bonchev–Trinajstić information content (AvgIpc) is 3.52. The van der Waals surface area contributed by atoms with E-state index >= 15 is 0 Å². The number of nitrogens with one attached hydrogen (secondary N) is 3. The smallest absolute Gasteiger partial charge is 0.343 e. The van der Waals surface area contributed by atoms with Crippen LogP contribution in [-0.4, -0.2) is 56.4 Å². The van der Waals surface area contributed by atoms with Crippen LogP contribution in [0.1, 0.15) is 45.9 Å². The zero-order valence-electron chi connectivity index (χ0n) is 19.5. The van der Waals surface area contributed by atoms with E-state index in [0.29, 0.717) is 6.42 Å². The lowest BCUT2D eigenvalue weighted by atomic mass is 10.0. The number of rotatable bonds is 5. The molecule has 13 heteroatoms. The lowest BCUT2D eigenvalue weighted by Gasteiger charge is -2.16. The molecule has 2 atom stereocenters. The fourth-order valence-electron chi connectivity index (χ4n) is 3.80. The quantitative estimate of drug-likeness (QED) is 0.508. The van der Waals surface area contributed by atoms with E-state index in [1.807, 2.05) is 6.92 Å².